The molecule has 0 spiro atoms. The third-order valence-electron chi connectivity index (χ3n) is 3.05. The molecule has 0 aliphatic carbocycles. The van der Waals surface area contributed by atoms with Crippen LogP contribution in [0.2, 0.25) is 0 Å². The van der Waals surface area contributed by atoms with Crippen molar-refractivity contribution in [3.05, 3.63) is 25.6 Å². The Bertz CT molecular complexity index is 489. The van der Waals surface area contributed by atoms with Gasteiger partial charge in [0.2, 0.25) is 6.29 Å². The van der Waals surface area contributed by atoms with Gasteiger partial charge in [-0.05, 0) is 44.0 Å². The summed E-state index contributed by atoms with van der Waals surface area (Å²) >= 11 is 9.96. The predicted molar refractivity (Wildman–Crippen MR) is 83.9 cm³/mol. The Morgan fingerprint density at radius 1 is 1.00 bits per heavy atom. The number of hydrogen-bond acceptors (Lipinski definition) is 6. The van der Waals surface area contributed by atoms with Crippen LogP contribution in [0.25, 0.3) is 0 Å². The van der Waals surface area contributed by atoms with E-state index in [0.29, 0.717) is 14.7 Å². The van der Waals surface area contributed by atoms with Crippen LogP contribution < -0.4 is 4.74 Å². The molecule has 9 heteroatoms. The fraction of sp³-hybridized carbons (Fsp3) is 0.500. The molecular weight excluding hydrogens is 480 g/mol. The van der Waals surface area contributed by atoms with E-state index in [0.717, 1.165) is 4.47 Å². The van der Waals surface area contributed by atoms with Gasteiger partial charge < -0.3 is 29.9 Å². The third-order valence-corrected chi connectivity index (χ3v) is 4.68. The Balaban J connectivity index is 2.22. The number of ether oxygens (including phenoxy) is 2. The summed E-state index contributed by atoms with van der Waals surface area (Å²) in [4.78, 5) is 0. The molecule has 4 N–H and O–H groups in total. The number of benzene rings is 1. The minimum Gasteiger partial charge on any atom is -0.460 e. The highest BCUT2D eigenvalue weighted by Gasteiger charge is 2.45. The van der Waals surface area contributed by atoms with E-state index in [1.54, 1.807) is 12.1 Å². The van der Waals surface area contributed by atoms with Crippen LogP contribution in [0.4, 0.5) is 0 Å². The van der Waals surface area contributed by atoms with E-state index < -0.39 is 37.3 Å². The fourth-order valence-corrected chi connectivity index (χ4v) is 4.37. The van der Waals surface area contributed by atoms with Gasteiger partial charge in [-0.25, -0.2) is 0 Å². The van der Waals surface area contributed by atoms with Crippen molar-refractivity contribution in [2.75, 3.05) is 6.61 Å². The van der Waals surface area contributed by atoms with Crippen molar-refractivity contribution < 1.29 is 29.9 Å². The molecule has 1 heterocycles. The molecule has 0 bridgehead atoms. The van der Waals surface area contributed by atoms with E-state index >= 15 is 0 Å². The minimum absolute atomic E-state index is 0.363. The van der Waals surface area contributed by atoms with Crippen LogP contribution >= 0.6 is 47.8 Å². The average Bonchev–Trinajstić information content (AvgIpc) is 2.42. The molecule has 0 amide bonds. The van der Waals surface area contributed by atoms with Crippen LogP contribution in [0, 0.1) is 0 Å². The van der Waals surface area contributed by atoms with Crippen molar-refractivity contribution >= 4 is 47.8 Å². The van der Waals surface area contributed by atoms with Gasteiger partial charge in [-0.15, -0.1) is 0 Å². The first-order valence-electron chi connectivity index (χ1n) is 5.97. The third kappa shape index (κ3) is 3.78. The Kier molecular flexibility index (Phi) is 6.06. The zero-order valence-corrected chi connectivity index (χ0v) is 15.2. The predicted octanol–water partition coefficient (Wildman–Crippen LogP) is 1.15. The lowest BCUT2D eigenvalue weighted by Gasteiger charge is -2.39. The maximum Gasteiger partial charge on any atom is 0.229 e. The zero-order valence-electron chi connectivity index (χ0n) is 10.5. The Labute approximate surface area is 146 Å². The summed E-state index contributed by atoms with van der Waals surface area (Å²) in [5, 5.41) is 38.5. The van der Waals surface area contributed by atoms with E-state index in [-0.39, 0.29) is 0 Å². The second-order valence-corrected chi connectivity index (χ2v) is 7.14. The first-order valence-corrected chi connectivity index (χ1v) is 8.34. The molecule has 21 heavy (non-hydrogen) atoms. The molecule has 118 valence electrons. The van der Waals surface area contributed by atoms with Crippen molar-refractivity contribution in [2.45, 2.75) is 30.7 Å². The molecule has 1 aromatic carbocycles. The van der Waals surface area contributed by atoms with Crippen LogP contribution in [0.15, 0.2) is 25.6 Å². The Morgan fingerprint density at radius 3 is 2.10 bits per heavy atom. The summed E-state index contributed by atoms with van der Waals surface area (Å²) in [6.45, 7) is -0.506. The van der Waals surface area contributed by atoms with Gasteiger partial charge in [0.1, 0.15) is 24.4 Å². The van der Waals surface area contributed by atoms with Gasteiger partial charge in [0.15, 0.2) is 5.75 Å². The summed E-state index contributed by atoms with van der Waals surface area (Å²) in [5.41, 5.74) is 0. The molecule has 0 saturated carbocycles. The van der Waals surface area contributed by atoms with E-state index in [1.807, 2.05) is 0 Å². The van der Waals surface area contributed by atoms with E-state index in [4.69, 9.17) is 14.6 Å². The molecule has 6 nitrogen and oxygen atoms in total. The van der Waals surface area contributed by atoms with E-state index in [1.165, 1.54) is 0 Å². The van der Waals surface area contributed by atoms with Crippen molar-refractivity contribution in [2.24, 2.45) is 0 Å². The number of hydrogen-bond donors (Lipinski definition) is 4. The van der Waals surface area contributed by atoms with Gasteiger partial charge in [0.05, 0.1) is 15.6 Å². The molecule has 0 radical (unpaired) electrons. The van der Waals surface area contributed by atoms with Crippen LogP contribution in [0.3, 0.4) is 0 Å². The number of halogens is 3. The van der Waals surface area contributed by atoms with Gasteiger partial charge in [-0.3, -0.25) is 0 Å². The summed E-state index contributed by atoms with van der Waals surface area (Å²) in [7, 11) is 0. The number of aliphatic hydroxyl groups excluding tert-OH is 4. The topological polar surface area (TPSA) is 99.4 Å². The van der Waals surface area contributed by atoms with Gasteiger partial charge in [-0.1, -0.05) is 15.9 Å². The zero-order chi connectivity index (χ0) is 15.7. The highest BCUT2D eigenvalue weighted by atomic mass is 79.9. The maximum absolute atomic E-state index is 9.94. The Hall–Kier alpha value is 0.260. The summed E-state index contributed by atoms with van der Waals surface area (Å²) in [5.74, 6) is 0.363. The first kappa shape index (κ1) is 17.6. The molecule has 2 rings (SSSR count). The molecule has 1 fully saturated rings. The lowest BCUT2D eigenvalue weighted by atomic mass is 9.99. The number of rotatable bonds is 3. The Morgan fingerprint density at radius 2 is 1.57 bits per heavy atom. The van der Waals surface area contributed by atoms with Crippen molar-refractivity contribution in [3.8, 4) is 5.75 Å². The lowest BCUT2D eigenvalue weighted by molar-refractivity contribution is -0.277. The summed E-state index contributed by atoms with van der Waals surface area (Å²) in [6.07, 6.45) is -6.59. The standard InChI is InChI=1S/C12H13Br3O6/c13-4-1-5(14)11(6(15)2-4)21-12-10(19)9(18)8(17)7(3-16)20-12/h1-2,7-10,12,16-19H,3H2/t7-,8+,9+,10-,12+/m0/s1. The molecular formula is C12H13Br3O6. The van der Waals surface area contributed by atoms with E-state index in [9.17, 15) is 15.3 Å². The molecule has 1 aromatic rings. The average molecular weight is 493 g/mol. The lowest BCUT2D eigenvalue weighted by Crippen LogP contribution is -2.60. The van der Waals surface area contributed by atoms with Gasteiger partial charge in [-0.2, -0.15) is 0 Å². The summed E-state index contributed by atoms with van der Waals surface area (Å²) < 4.78 is 12.9. The largest absolute Gasteiger partial charge is 0.460 e. The van der Waals surface area contributed by atoms with Gasteiger partial charge >= 0.3 is 0 Å². The summed E-state index contributed by atoms with van der Waals surface area (Å²) in [6, 6.07) is 3.48. The molecule has 1 saturated heterocycles. The highest BCUT2D eigenvalue weighted by molar-refractivity contribution is 9.11. The first-order chi connectivity index (χ1) is 9.85. The molecule has 5 atom stereocenters. The molecule has 0 aromatic heterocycles. The maximum atomic E-state index is 9.94. The fourth-order valence-electron chi connectivity index (χ4n) is 1.92. The second kappa shape index (κ2) is 7.22. The molecule has 0 unspecified atom stereocenters. The minimum atomic E-state index is -1.48. The molecule has 1 aliphatic heterocycles. The van der Waals surface area contributed by atoms with Crippen molar-refractivity contribution in [1.82, 2.24) is 0 Å². The van der Waals surface area contributed by atoms with Gasteiger partial charge in [0, 0.05) is 4.47 Å². The van der Waals surface area contributed by atoms with Crippen LogP contribution in [0.1, 0.15) is 0 Å². The van der Waals surface area contributed by atoms with Gasteiger partial charge in [0.25, 0.3) is 0 Å². The smallest absolute Gasteiger partial charge is 0.229 e. The van der Waals surface area contributed by atoms with Crippen LogP contribution in [0.5, 0.6) is 5.75 Å². The van der Waals surface area contributed by atoms with Crippen molar-refractivity contribution in [1.29, 1.82) is 0 Å². The van der Waals surface area contributed by atoms with Crippen molar-refractivity contribution in [3.63, 3.8) is 0 Å². The highest BCUT2D eigenvalue weighted by Crippen LogP contribution is 2.38. The second-order valence-electron chi connectivity index (χ2n) is 4.51. The normalized spacial score (nSPS) is 33.0. The van der Waals surface area contributed by atoms with Crippen LogP contribution in [-0.4, -0.2) is 57.7 Å². The molecule has 1 aliphatic rings. The monoisotopic (exact) mass is 490 g/mol. The quantitative estimate of drug-likeness (QED) is 0.505. The number of aliphatic hydroxyl groups is 4. The SMILES string of the molecule is OC[C@@H]1O[C@H](Oc2c(Br)cc(Br)cc2Br)[C@@H](O)[C@H](O)[C@@H]1O. The van der Waals surface area contributed by atoms with Crippen LogP contribution in [-0.2, 0) is 4.74 Å². The van der Waals surface area contributed by atoms with E-state index in [2.05, 4.69) is 47.8 Å².